The summed E-state index contributed by atoms with van der Waals surface area (Å²) < 4.78 is 4.79. The topological polar surface area (TPSA) is 9.86 Å². The summed E-state index contributed by atoms with van der Waals surface area (Å²) in [6.07, 6.45) is 3.93. The van der Waals surface area contributed by atoms with Crippen LogP contribution in [0.5, 0.6) is 0 Å². The first kappa shape index (κ1) is 34.1. The average Bonchev–Trinajstić information content (AvgIpc) is 3.95. The molecule has 12 rings (SSSR count). The van der Waals surface area contributed by atoms with Gasteiger partial charge in [0.15, 0.2) is 0 Å². The monoisotopic (exact) mass is 762 g/mol. The molecule has 0 saturated carbocycles. The number of aromatic nitrogens is 2. The van der Waals surface area contributed by atoms with Gasteiger partial charge in [-0.25, -0.2) is 0 Å². The maximum Gasteiger partial charge on any atom is 0.0553 e. The fraction of sp³-hybridized carbons (Fsp3) is 0. The highest BCUT2D eigenvalue weighted by Gasteiger charge is 2.26. The van der Waals surface area contributed by atoms with Gasteiger partial charge in [-0.1, -0.05) is 159 Å². The zero-order valence-electron chi connectivity index (χ0n) is 32.9. The smallest absolute Gasteiger partial charge is 0.0553 e. The fourth-order valence-electron chi connectivity index (χ4n) is 9.96. The lowest BCUT2D eigenvalue weighted by Crippen LogP contribution is -1.97. The Labute approximate surface area is 348 Å². The van der Waals surface area contributed by atoms with Crippen LogP contribution in [0.15, 0.2) is 207 Å². The minimum Gasteiger partial charge on any atom is -0.309 e. The van der Waals surface area contributed by atoms with E-state index >= 15 is 0 Å². The second-order valence-electron chi connectivity index (χ2n) is 15.8. The van der Waals surface area contributed by atoms with Crippen LogP contribution in [-0.2, 0) is 0 Å². The molecule has 2 heteroatoms. The maximum absolute atomic E-state index is 4.30. The highest BCUT2D eigenvalue weighted by molar-refractivity contribution is 6.29. The predicted octanol–water partition coefficient (Wildman–Crippen LogP) is 15.8. The Kier molecular flexibility index (Phi) is 7.57. The molecule has 0 aliphatic heterocycles. The van der Waals surface area contributed by atoms with Gasteiger partial charge in [0.25, 0.3) is 0 Å². The molecule has 11 aromatic rings. The molecule has 9 aromatic carbocycles. The van der Waals surface area contributed by atoms with Gasteiger partial charge in [-0.2, -0.15) is 0 Å². The van der Waals surface area contributed by atoms with Crippen LogP contribution in [0.2, 0.25) is 0 Å². The van der Waals surface area contributed by atoms with Crippen molar-refractivity contribution in [3.63, 3.8) is 0 Å². The first-order chi connectivity index (χ1) is 29.7. The highest BCUT2D eigenvalue weighted by Crippen LogP contribution is 2.51. The normalized spacial score (nSPS) is 11.8. The quantitative estimate of drug-likeness (QED) is 0.153. The predicted molar refractivity (Wildman–Crippen MR) is 256 cm³/mol. The SMILES string of the molecule is C=Cc1c(C=C)n(-c2cccc(-c3ccccc3)c2)c2ccc(-c3ccc4c(c3)c3c5cccc6c5c(cc3n4-c3cccc(-c4ccccc4)c3)-c3ccccc3-6)cc12. The second kappa shape index (κ2) is 13.3. The van der Waals surface area contributed by atoms with Crippen molar-refractivity contribution in [1.29, 1.82) is 0 Å². The Bertz CT molecular complexity index is 3560. The summed E-state index contributed by atoms with van der Waals surface area (Å²) in [4.78, 5) is 0. The molecule has 0 bridgehead atoms. The van der Waals surface area contributed by atoms with Crippen LogP contribution in [0.3, 0.4) is 0 Å². The Morgan fingerprint density at radius 2 is 0.833 bits per heavy atom. The van der Waals surface area contributed by atoms with Gasteiger partial charge in [-0.3, -0.25) is 0 Å². The van der Waals surface area contributed by atoms with E-state index in [1.807, 2.05) is 12.2 Å². The number of nitrogens with zero attached hydrogens (tertiary/aromatic N) is 2. The molecule has 1 aliphatic rings. The summed E-state index contributed by atoms with van der Waals surface area (Å²) >= 11 is 0. The Hall–Kier alpha value is -7.94. The van der Waals surface area contributed by atoms with E-state index in [2.05, 4.69) is 216 Å². The molecule has 0 radical (unpaired) electrons. The molecule has 280 valence electrons. The van der Waals surface area contributed by atoms with Gasteiger partial charge in [0.2, 0.25) is 0 Å². The molecule has 0 amide bonds. The van der Waals surface area contributed by atoms with Crippen molar-refractivity contribution in [1.82, 2.24) is 9.13 Å². The number of benzene rings is 9. The van der Waals surface area contributed by atoms with Gasteiger partial charge in [0, 0.05) is 33.1 Å². The van der Waals surface area contributed by atoms with Gasteiger partial charge >= 0.3 is 0 Å². The summed E-state index contributed by atoms with van der Waals surface area (Å²) in [7, 11) is 0. The number of hydrogen-bond donors (Lipinski definition) is 0. The minimum absolute atomic E-state index is 1.03. The van der Waals surface area contributed by atoms with Crippen molar-refractivity contribution < 1.29 is 0 Å². The molecule has 0 N–H and O–H groups in total. The van der Waals surface area contributed by atoms with Crippen molar-refractivity contribution >= 4 is 55.6 Å². The molecule has 2 aromatic heterocycles. The molecule has 0 saturated heterocycles. The highest BCUT2D eigenvalue weighted by atomic mass is 15.0. The summed E-state index contributed by atoms with van der Waals surface area (Å²) in [5.74, 6) is 0. The van der Waals surface area contributed by atoms with Crippen LogP contribution in [0, 0.1) is 0 Å². The molecule has 2 nitrogen and oxygen atoms in total. The largest absolute Gasteiger partial charge is 0.309 e. The van der Waals surface area contributed by atoms with Crippen molar-refractivity contribution in [2.24, 2.45) is 0 Å². The molecule has 1 aliphatic carbocycles. The fourth-order valence-corrected chi connectivity index (χ4v) is 9.96. The molecule has 2 heterocycles. The van der Waals surface area contributed by atoms with E-state index < -0.39 is 0 Å². The first-order valence-electron chi connectivity index (χ1n) is 20.6. The van der Waals surface area contributed by atoms with Gasteiger partial charge in [-0.05, 0) is 127 Å². The van der Waals surface area contributed by atoms with Crippen molar-refractivity contribution in [3.8, 4) is 67.0 Å². The summed E-state index contributed by atoms with van der Waals surface area (Å²) in [6, 6.07) is 71.0. The molecular formula is C58H38N2. The zero-order chi connectivity index (χ0) is 39.9. The number of hydrogen-bond acceptors (Lipinski definition) is 0. The van der Waals surface area contributed by atoms with Crippen LogP contribution >= 0.6 is 0 Å². The van der Waals surface area contributed by atoms with Crippen LogP contribution < -0.4 is 0 Å². The van der Waals surface area contributed by atoms with Crippen LogP contribution in [0.25, 0.3) is 123 Å². The molecule has 0 spiro atoms. The van der Waals surface area contributed by atoms with Gasteiger partial charge in [0.05, 0.1) is 22.2 Å². The van der Waals surface area contributed by atoms with E-state index in [1.54, 1.807) is 0 Å². The van der Waals surface area contributed by atoms with Crippen LogP contribution in [-0.4, -0.2) is 9.13 Å². The summed E-state index contributed by atoms with van der Waals surface area (Å²) in [6.45, 7) is 8.57. The molecule has 0 atom stereocenters. The standard InChI is InChI=1S/C58H38N2/c1-3-45-50-34-41(28-30-54(50)59(53(45)4-2)43-22-13-20-39(32-43)37-16-7-5-8-17-37)42-29-31-55-52(35-42)58-49-27-15-26-48-46-24-11-12-25-47(46)51(57(48)49)36-56(58)60(55)44-23-14-21-40(33-44)38-18-9-6-10-19-38/h3-36H,1-2H2. The van der Waals surface area contributed by atoms with E-state index in [0.717, 1.165) is 39.1 Å². The summed E-state index contributed by atoms with van der Waals surface area (Å²) in [5.41, 5.74) is 20.1. The third-order valence-corrected chi connectivity index (χ3v) is 12.6. The third kappa shape index (κ3) is 5.01. The molecular weight excluding hydrogens is 725 g/mol. The van der Waals surface area contributed by atoms with E-state index in [-0.39, 0.29) is 0 Å². The van der Waals surface area contributed by atoms with Crippen molar-refractivity contribution in [3.05, 3.63) is 219 Å². The van der Waals surface area contributed by atoms with E-state index in [1.165, 1.54) is 82.6 Å². The van der Waals surface area contributed by atoms with Crippen molar-refractivity contribution in [2.75, 3.05) is 0 Å². The first-order valence-corrected chi connectivity index (χ1v) is 20.6. The van der Waals surface area contributed by atoms with Gasteiger partial charge < -0.3 is 9.13 Å². The average molecular weight is 763 g/mol. The minimum atomic E-state index is 1.03. The lowest BCUT2D eigenvalue weighted by atomic mass is 9.96. The third-order valence-electron chi connectivity index (χ3n) is 12.6. The Morgan fingerprint density at radius 3 is 1.47 bits per heavy atom. The van der Waals surface area contributed by atoms with Crippen LogP contribution in [0.1, 0.15) is 11.3 Å². The van der Waals surface area contributed by atoms with E-state index in [4.69, 9.17) is 0 Å². The lowest BCUT2D eigenvalue weighted by molar-refractivity contribution is 1.11. The molecule has 0 fully saturated rings. The lowest BCUT2D eigenvalue weighted by Gasteiger charge is -2.12. The summed E-state index contributed by atoms with van der Waals surface area (Å²) in [5, 5.41) is 6.27. The Balaban J connectivity index is 1.09. The second-order valence-corrected chi connectivity index (χ2v) is 15.8. The number of rotatable bonds is 7. The number of fused-ring (bicyclic) bond motifs is 8. The maximum atomic E-state index is 4.30. The molecule has 0 unspecified atom stereocenters. The van der Waals surface area contributed by atoms with E-state index in [0.29, 0.717) is 0 Å². The van der Waals surface area contributed by atoms with Crippen LogP contribution in [0.4, 0.5) is 0 Å². The van der Waals surface area contributed by atoms with E-state index in [9.17, 15) is 0 Å². The van der Waals surface area contributed by atoms with Crippen molar-refractivity contribution in [2.45, 2.75) is 0 Å². The molecule has 60 heavy (non-hydrogen) atoms. The zero-order valence-corrected chi connectivity index (χ0v) is 32.9. The van der Waals surface area contributed by atoms with Gasteiger partial charge in [0.1, 0.15) is 0 Å². The Morgan fingerprint density at radius 1 is 0.317 bits per heavy atom. The van der Waals surface area contributed by atoms with Gasteiger partial charge in [-0.15, -0.1) is 0 Å².